The lowest BCUT2D eigenvalue weighted by atomic mass is 9.83. The summed E-state index contributed by atoms with van der Waals surface area (Å²) in [5.41, 5.74) is 3.11. The molecule has 0 aromatic heterocycles. The molecule has 0 fully saturated rings. The monoisotopic (exact) mass is 286 g/mol. The number of ether oxygens (including phenoxy) is 1. The van der Waals surface area contributed by atoms with Crippen molar-refractivity contribution >= 4 is 15.9 Å². The van der Waals surface area contributed by atoms with Gasteiger partial charge in [0.25, 0.3) is 0 Å². The van der Waals surface area contributed by atoms with Gasteiger partial charge in [-0.1, -0.05) is 19.9 Å². The average molecular weight is 287 g/mol. The van der Waals surface area contributed by atoms with Crippen molar-refractivity contribution in [2.75, 3.05) is 13.7 Å². The molecular weight excluding hydrogens is 268 g/mol. The number of aliphatic hydroxyl groups excluding tert-OH is 1. The maximum absolute atomic E-state index is 9.45. The van der Waals surface area contributed by atoms with Crippen molar-refractivity contribution in [3.05, 3.63) is 27.2 Å². The third kappa shape index (κ3) is 2.25. The predicted octanol–water partition coefficient (Wildman–Crippen LogP) is 3.34. The van der Waals surface area contributed by atoms with Gasteiger partial charge in [-0.3, -0.25) is 0 Å². The molecule has 0 bridgehead atoms. The second kappa shape index (κ2) is 4.76. The molecule has 0 saturated heterocycles. The van der Waals surface area contributed by atoms with E-state index in [0.29, 0.717) is 0 Å². The van der Waals surface area contributed by atoms with Crippen molar-refractivity contribution in [1.82, 2.24) is 0 Å². The third-order valence-electron chi connectivity index (χ3n) is 3.05. The molecule has 0 heterocycles. The largest absolute Gasteiger partial charge is 0.495 e. The number of hydrogen-bond acceptors (Lipinski definition) is 2. The highest BCUT2D eigenvalue weighted by molar-refractivity contribution is 9.10. The first-order valence-corrected chi connectivity index (χ1v) is 6.09. The third-order valence-corrected chi connectivity index (χ3v) is 4.01. The second-order valence-corrected chi connectivity index (χ2v) is 5.55. The Morgan fingerprint density at radius 2 is 1.94 bits per heavy atom. The van der Waals surface area contributed by atoms with E-state index < -0.39 is 0 Å². The van der Waals surface area contributed by atoms with E-state index >= 15 is 0 Å². The van der Waals surface area contributed by atoms with E-state index in [1.165, 1.54) is 11.1 Å². The zero-order valence-corrected chi connectivity index (χ0v) is 12.1. The van der Waals surface area contributed by atoms with Gasteiger partial charge in [0.2, 0.25) is 0 Å². The quantitative estimate of drug-likeness (QED) is 0.924. The first kappa shape index (κ1) is 13.5. The summed E-state index contributed by atoms with van der Waals surface area (Å²) in [4.78, 5) is 0. The van der Waals surface area contributed by atoms with E-state index in [1.807, 2.05) is 13.8 Å². The summed E-state index contributed by atoms with van der Waals surface area (Å²) in [6.45, 7) is 8.23. The van der Waals surface area contributed by atoms with Gasteiger partial charge in [0.05, 0.1) is 18.2 Å². The van der Waals surface area contributed by atoms with E-state index in [9.17, 15) is 5.11 Å². The molecular formula is C13H19BrO2. The van der Waals surface area contributed by atoms with Crippen LogP contribution in [0.5, 0.6) is 5.75 Å². The number of hydrogen-bond donors (Lipinski definition) is 1. The average Bonchev–Trinajstić information content (AvgIpc) is 2.25. The molecule has 0 aliphatic carbocycles. The van der Waals surface area contributed by atoms with Crippen molar-refractivity contribution in [1.29, 1.82) is 0 Å². The summed E-state index contributed by atoms with van der Waals surface area (Å²) in [6, 6.07) is 2.09. The number of aryl methyl sites for hydroxylation is 1. The zero-order valence-electron chi connectivity index (χ0n) is 10.5. The van der Waals surface area contributed by atoms with Gasteiger partial charge < -0.3 is 9.84 Å². The maximum Gasteiger partial charge on any atom is 0.137 e. The Morgan fingerprint density at radius 3 is 2.38 bits per heavy atom. The Balaban J connectivity index is 3.51. The molecule has 0 saturated carbocycles. The topological polar surface area (TPSA) is 29.5 Å². The summed E-state index contributed by atoms with van der Waals surface area (Å²) in [6.07, 6.45) is 0. The van der Waals surface area contributed by atoms with Crippen LogP contribution in [-0.4, -0.2) is 18.8 Å². The zero-order chi connectivity index (χ0) is 12.5. The first-order chi connectivity index (χ1) is 7.35. The molecule has 1 N–H and O–H groups in total. The smallest absolute Gasteiger partial charge is 0.137 e. The van der Waals surface area contributed by atoms with Crippen molar-refractivity contribution in [2.24, 2.45) is 0 Å². The molecule has 3 heteroatoms. The van der Waals surface area contributed by atoms with E-state index in [4.69, 9.17) is 4.74 Å². The fourth-order valence-corrected chi connectivity index (χ4v) is 2.33. The van der Waals surface area contributed by atoms with Crippen molar-refractivity contribution < 1.29 is 9.84 Å². The van der Waals surface area contributed by atoms with Crippen LogP contribution < -0.4 is 4.74 Å². The lowest BCUT2D eigenvalue weighted by Gasteiger charge is -2.26. The van der Waals surface area contributed by atoms with Gasteiger partial charge in [-0.05, 0) is 40.9 Å². The Morgan fingerprint density at radius 1 is 1.38 bits per heavy atom. The van der Waals surface area contributed by atoms with Crippen LogP contribution in [-0.2, 0) is 5.41 Å². The number of methoxy groups -OCH3 is 1. The Bertz CT molecular complexity index is 397. The van der Waals surface area contributed by atoms with E-state index in [2.05, 4.69) is 35.8 Å². The summed E-state index contributed by atoms with van der Waals surface area (Å²) >= 11 is 3.56. The van der Waals surface area contributed by atoms with E-state index in [-0.39, 0.29) is 12.0 Å². The molecule has 90 valence electrons. The van der Waals surface area contributed by atoms with Crippen LogP contribution in [0.25, 0.3) is 0 Å². The summed E-state index contributed by atoms with van der Waals surface area (Å²) in [5.74, 6) is 0.821. The molecule has 0 atom stereocenters. The number of aliphatic hydroxyl groups is 1. The van der Waals surface area contributed by atoms with Gasteiger partial charge in [-0.2, -0.15) is 0 Å². The minimum absolute atomic E-state index is 0.0955. The molecule has 0 aliphatic rings. The standard InChI is InChI=1S/C13H19BrO2/c1-8-6-10(13(3,4)7-15)12(16-5)11(14)9(8)2/h6,15H,7H2,1-5H3. The molecule has 0 amide bonds. The van der Waals surface area contributed by atoms with Crippen molar-refractivity contribution in [3.63, 3.8) is 0 Å². The highest BCUT2D eigenvalue weighted by Gasteiger charge is 2.26. The Labute approximate surface area is 106 Å². The predicted molar refractivity (Wildman–Crippen MR) is 70.3 cm³/mol. The number of benzene rings is 1. The second-order valence-electron chi connectivity index (χ2n) is 4.76. The van der Waals surface area contributed by atoms with Gasteiger partial charge >= 0.3 is 0 Å². The molecule has 2 nitrogen and oxygen atoms in total. The molecule has 0 radical (unpaired) electrons. The molecule has 16 heavy (non-hydrogen) atoms. The molecule has 1 aromatic rings. The Hall–Kier alpha value is -0.540. The summed E-state index contributed by atoms with van der Waals surface area (Å²) < 4.78 is 6.42. The lowest BCUT2D eigenvalue weighted by molar-refractivity contribution is 0.214. The van der Waals surface area contributed by atoms with Crippen molar-refractivity contribution in [2.45, 2.75) is 33.1 Å². The lowest BCUT2D eigenvalue weighted by Crippen LogP contribution is -2.23. The van der Waals surface area contributed by atoms with Gasteiger partial charge in [-0.15, -0.1) is 0 Å². The van der Waals surface area contributed by atoms with Gasteiger partial charge in [0.15, 0.2) is 0 Å². The summed E-state index contributed by atoms with van der Waals surface area (Å²) in [7, 11) is 1.66. The molecule has 1 rings (SSSR count). The van der Waals surface area contributed by atoms with Crippen LogP contribution in [0.4, 0.5) is 0 Å². The SMILES string of the molecule is COc1c(C(C)(C)CO)cc(C)c(C)c1Br. The van der Waals surface area contributed by atoms with Crippen LogP contribution in [0, 0.1) is 13.8 Å². The van der Waals surface area contributed by atoms with Gasteiger partial charge in [-0.25, -0.2) is 0 Å². The van der Waals surface area contributed by atoms with Gasteiger partial charge in [0, 0.05) is 11.0 Å². The van der Waals surface area contributed by atoms with Crippen LogP contribution in [0.1, 0.15) is 30.5 Å². The number of rotatable bonds is 3. The fraction of sp³-hybridized carbons (Fsp3) is 0.538. The molecule has 0 spiro atoms. The Kier molecular flexibility index (Phi) is 4.02. The van der Waals surface area contributed by atoms with Crippen molar-refractivity contribution in [3.8, 4) is 5.75 Å². The number of halogens is 1. The van der Waals surface area contributed by atoms with E-state index in [0.717, 1.165) is 15.8 Å². The van der Waals surface area contributed by atoms with E-state index in [1.54, 1.807) is 7.11 Å². The molecule has 0 aliphatic heterocycles. The highest BCUT2D eigenvalue weighted by atomic mass is 79.9. The minimum Gasteiger partial charge on any atom is -0.495 e. The van der Waals surface area contributed by atoms with Crippen LogP contribution in [0.3, 0.4) is 0 Å². The van der Waals surface area contributed by atoms with Crippen LogP contribution in [0.2, 0.25) is 0 Å². The molecule has 0 unspecified atom stereocenters. The highest BCUT2D eigenvalue weighted by Crippen LogP contribution is 2.40. The van der Waals surface area contributed by atoms with Crippen LogP contribution >= 0.6 is 15.9 Å². The molecule has 1 aromatic carbocycles. The van der Waals surface area contributed by atoms with Crippen LogP contribution in [0.15, 0.2) is 10.5 Å². The van der Waals surface area contributed by atoms with Gasteiger partial charge in [0.1, 0.15) is 5.75 Å². The normalized spacial score (nSPS) is 11.7. The first-order valence-electron chi connectivity index (χ1n) is 5.30. The maximum atomic E-state index is 9.45. The summed E-state index contributed by atoms with van der Waals surface area (Å²) in [5, 5.41) is 9.45. The minimum atomic E-state index is -0.299. The fourth-order valence-electron chi connectivity index (χ4n) is 1.64.